The monoisotopic (exact) mass is 311 g/mol. The molecule has 1 aromatic rings. The number of alkyl halides is 3. The number of carbonyl (C=O) groups is 1. The summed E-state index contributed by atoms with van der Waals surface area (Å²) in [5.41, 5.74) is 0. The Hall–Kier alpha value is -1.68. The molecule has 0 saturated heterocycles. The summed E-state index contributed by atoms with van der Waals surface area (Å²) in [5, 5.41) is 1.59. The normalized spacial score (nSPS) is 12.4. The van der Waals surface area contributed by atoms with Crippen molar-refractivity contribution in [3.63, 3.8) is 0 Å². The second-order valence-corrected chi connectivity index (χ2v) is 5.89. The van der Waals surface area contributed by atoms with Crippen molar-refractivity contribution in [1.29, 1.82) is 0 Å². The Morgan fingerprint density at radius 1 is 1.45 bits per heavy atom. The predicted octanol–water partition coefficient (Wildman–Crippen LogP) is 0.381. The molecule has 0 saturated carbocycles. The Labute approximate surface area is 113 Å². The maximum Gasteiger partial charge on any atom is 0.405 e. The number of pyridine rings is 1. The molecule has 0 spiro atoms. The average molecular weight is 311 g/mol. The van der Waals surface area contributed by atoms with Crippen molar-refractivity contribution < 1.29 is 26.4 Å². The topological polar surface area (TPSA) is 79.4 Å². The lowest BCUT2D eigenvalue weighted by Gasteiger charge is -2.17. The van der Waals surface area contributed by atoms with Crippen LogP contribution in [0.3, 0.4) is 0 Å². The maximum absolute atomic E-state index is 12.0. The van der Waals surface area contributed by atoms with Crippen molar-refractivity contribution in [2.24, 2.45) is 0 Å². The number of rotatable bonds is 5. The van der Waals surface area contributed by atoms with Gasteiger partial charge in [0.25, 0.3) is 0 Å². The third-order valence-corrected chi connectivity index (χ3v) is 3.98. The third kappa shape index (κ3) is 4.78. The highest BCUT2D eigenvalue weighted by molar-refractivity contribution is 7.89. The minimum Gasteiger partial charge on any atom is -0.346 e. The molecule has 1 N–H and O–H groups in total. The molecule has 0 atom stereocenters. The fourth-order valence-electron chi connectivity index (χ4n) is 1.22. The van der Waals surface area contributed by atoms with E-state index in [2.05, 4.69) is 4.98 Å². The Morgan fingerprint density at radius 3 is 2.60 bits per heavy atom. The van der Waals surface area contributed by atoms with E-state index >= 15 is 0 Å². The summed E-state index contributed by atoms with van der Waals surface area (Å²) in [6.07, 6.45) is -2.09. The maximum atomic E-state index is 12.0. The summed E-state index contributed by atoms with van der Waals surface area (Å²) >= 11 is 0. The van der Waals surface area contributed by atoms with Crippen LogP contribution in [0.15, 0.2) is 29.4 Å². The molecule has 0 unspecified atom stereocenters. The molecule has 112 valence electrons. The van der Waals surface area contributed by atoms with Gasteiger partial charge in [-0.2, -0.15) is 17.5 Å². The van der Waals surface area contributed by atoms with Crippen LogP contribution in [0.4, 0.5) is 13.2 Å². The van der Waals surface area contributed by atoms with Gasteiger partial charge in [-0.25, -0.2) is 8.42 Å². The quantitative estimate of drug-likeness (QED) is 0.852. The first-order valence-corrected chi connectivity index (χ1v) is 6.77. The molecular formula is C10H12F3N3O3S. The molecule has 0 fully saturated rings. The zero-order valence-corrected chi connectivity index (χ0v) is 11.2. The second-order valence-electron chi connectivity index (χ2n) is 3.84. The molecular weight excluding hydrogens is 299 g/mol. The molecule has 0 aliphatic heterocycles. The Morgan fingerprint density at radius 2 is 2.10 bits per heavy atom. The van der Waals surface area contributed by atoms with Crippen molar-refractivity contribution >= 4 is 15.9 Å². The highest BCUT2D eigenvalue weighted by atomic mass is 32.2. The van der Waals surface area contributed by atoms with Gasteiger partial charge < -0.3 is 5.32 Å². The largest absolute Gasteiger partial charge is 0.405 e. The van der Waals surface area contributed by atoms with Gasteiger partial charge in [0.15, 0.2) is 0 Å². The number of carbonyl (C=O) groups excluding carboxylic acids is 1. The number of nitrogens with one attached hydrogen (secondary N) is 1. The Balaban J connectivity index is 2.67. The average Bonchev–Trinajstić information content (AvgIpc) is 2.36. The van der Waals surface area contributed by atoms with Gasteiger partial charge in [0.2, 0.25) is 15.9 Å². The first kappa shape index (κ1) is 16.4. The Kier molecular flexibility index (Phi) is 5.06. The van der Waals surface area contributed by atoms with Crippen LogP contribution in [0.25, 0.3) is 0 Å². The lowest BCUT2D eigenvalue weighted by atomic mass is 10.5. The highest BCUT2D eigenvalue weighted by Gasteiger charge is 2.29. The minimum absolute atomic E-state index is 0.147. The van der Waals surface area contributed by atoms with Crippen LogP contribution in [0.2, 0.25) is 0 Å². The lowest BCUT2D eigenvalue weighted by Crippen LogP contribution is -2.41. The third-order valence-electron chi connectivity index (χ3n) is 2.19. The van der Waals surface area contributed by atoms with Gasteiger partial charge in [0, 0.05) is 19.4 Å². The summed E-state index contributed by atoms with van der Waals surface area (Å²) < 4.78 is 60.2. The molecule has 0 radical (unpaired) electrons. The number of hydrogen-bond acceptors (Lipinski definition) is 4. The molecule has 0 aliphatic rings. The zero-order valence-electron chi connectivity index (χ0n) is 10.4. The van der Waals surface area contributed by atoms with Gasteiger partial charge in [0.05, 0.1) is 6.54 Å². The van der Waals surface area contributed by atoms with Crippen LogP contribution in [0, 0.1) is 0 Å². The molecule has 1 aromatic heterocycles. The van der Waals surface area contributed by atoms with E-state index in [9.17, 15) is 26.4 Å². The van der Waals surface area contributed by atoms with E-state index < -0.39 is 35.2 Å². The molecule has 6 nitrogen and oxygen atoms in total. The van der Waals surface area contributed by atoms with Crippen molar-refractivity contribution in [2.45, 2.75) is 11.1 Å². The van der Waals surface area contributed by atoms with E-state index in [0.29, 0.717) is 4.31 Å². The van der Waals surface area contributed by atoms with Gasteiger partial charge in [-0.15, -0.1) is 0 Å². The summed E-state index contributed by atoms with van der Waals surface area (Å²) in [7, 11) is -2.87. The van der Waals surface area contributed by atoms with Crippen molar-refractivity contribution in [3.05, 3.63) is 24.5 Å². The van der Waals surface area contributed by atoms with Crippen LogP contribution in [-0.2, 0) is 14.8 Å². The number of hydrogen-bond donors (Lipinski definition) is 1. The van der Waals surface area contributed by atoms with Gasteiger partial charge >= 0.3 is 6.18 Å². The molecule has 1 amide bonds. The highest BCUT2D eigenvalue weighted by Crippen LogP contribution is 2.13. The number of amides is 1. The van der Waals surface area contributed by atoms with Crippen LogP contribution in [-0.4, -0.2) is 49.9 Å². The van der Waals surface area contributed by atoms with E-state index in [4.69, 9.17) is 0 Å². The lowest BCUT2D eigenvalue weighted by molar-refractivity contribution is -0.138. The molecule has 20 heavy (non-hydrogen) atoms. The van der Waals surface area contributed by atoms with Gasteiger partial charge in [0.1, 0.15) is 11.4 Å². The van der Waals surface area contributed by atoms with Crippen LogP contribution < -0.4 is 5.32 Å². The molecule has 1 heterocycles. The fraction of sp³-hybridized carbons (Fsp3) is 0.400. The van der Waals surface area contributed by atoms with Crippen LogP contribution >= 0.6 is 0 Å². The van der Waals surface area contributed by atoms with Crippen LogP contribution in [0.1, 0.15) is 0 Å². The summed E-state index contributed by atoms with van der Waals surface area (Å²) in [6, 6.07) is 2.66. The van der Waals surface area contributed by atoms with E-state index in [1.54, 1.807) is 5.32 Å². The molecule has 10 heteroatoms. The number of sulfonamides is 1. The van der Waals surface area contributed by atoms with Gasteiger partial charge in [-0.1, -0.05) is 0 Å². The van der Waals surface area contributed by atoms with Gasteiger partial charge in [-0.3, -0.25) is 9.78 Å². The van der Waals surface area contributed by atoms with Crippen LogP contribution in [0.5, 0.6) is 0 Å². The summed E-state index contributed by atoms with van der Waals surface area (Å²) in [5.74, 6) is -1.04. The van der Waals surface area contributed by atoms with E-state index in [1.807, 2.05) is 0 Å². The SMILES string of the molecule is CN(CC(=O)NCC(F)(F)F)S(=O)(=O)c1cccnc1. The predicted molar refractivity (Wildman–Crippen MR) is 63.1 cm³/mol. The fourth-order valence-corrected chi connectivity index (χ4v) is 2.31. The van der Waals surface area contributed by atoms with Gasteiger partial charge in [-0.05, 0) is 12.1 Å². The molecule has 0 aliphatic carbocycles. The first-order valence-electron chi connectivity index (χ1n) is 5.33. The standard InChI is InChI=1S/C10H12F3N3O3S/c1-16(6-9(17)15-7-10(11,12)13)20(18,19)8-3-2-4-14-5-8/h2-5H,6-7H2,1H3,(H,15,17). The van der Waals surface area contributed by atoms with Crippen molar-refractivity contribution in [2.75, 3.05) is 20.1 Å². The summed E-state index contributed by atoms with van der Waals surface area (Å²) in [4.78, 5) is 14.7. The molecule has 0 aromatic carbocycles. The minimum atomic E-state index is -4.55. The Bertz CT molecular complexity index is 560. The van der Waals surface area contributed by atoms with E-state index in [0.717, 1.165) is 13.2 Å². The van der Waals surface area contributed by atoms with Crippen molar-refractivity contribution in [3.8, 4) is 0 Å². The zero-order chi connectivity index (χ0) is 15.4. The summed E-state index contributed by atoms with van der Waals surface area (Å²) in [6.45, 7) is -2.22. The molecule has 0 bridgehead atoms. The number of nitrogens with zero attached hydrogens (tertiary/aromatic N) is 2. The van der Waals surface area contributed by atoms with E-state index in [-0.39, 0.29) is 4.90 Å². The number of likely N-dealkylation sites (N-methyl/N-ethyl adjacent to an activating group) is 1. The number of halogens is 3. The smallest absolute Gasteiger partial charge is 0.346 e. The number of aromatic nitrogens is 1. The van der Waals surface area contributed by atoms with Crippen molar-refractivity contribution in [1.82, 2.24) is 14.6 Å². The second kappa shape index (κ2) is 6.18. The van der Waals surface area contributed by atoms with E-state index in [1.165, 1.54) is 18.3 Å². The molecule has 1 rings (SSSR count). The first-order chi connectivity index (χ1) is 9.13.